The zero-order valence-electron chi connectivity index (χ0n) is 11.0. The summed E-state index contributed by atoms with van der Waals surface area (Å²) >= 11 is 0. The summed E-state index contributed by atoms with van der Waals surface area (Å²) in [7, 11) is -3.59. The Morgan fingerprint density at radius 2 is 2.16 bits per heavy atom. The Morgan fingerprint density at radius 3 is 2.74 bits per heavy atom. The van der Waals surface area contributed by atoms with Crippen molar-refractivity contribution in [3.8, 4) is 12.1 Å². The van der Waals surface area contributed by atoms with Gasteiger partial charge < -0.3 is 0 Å². The second-order valence-corrected chi connectivity index (χ2v) is 6.83. The van der Waals surface area contributed by atoms with Crippen LogP contribution in [0.5, 0.6) is 0 Å². The molecule has 2 atom stereocenters. The molecule has 0 aromatic heterocycles. The third kappa shape index (κ3) is 3.04. The van der Waals surface area contributed by atoms with E-state index in [1.54, 1.807) is 32.1 Å². The summed E-state index contributed by atoms with van der Waals surface area (Å²) in [5.41, 5.74) is 0.451. The van der Waals surface area contributed by atoms with E-state index in [1.807, 2.05) is 12.1 Å². The Morgan fingerprint density at radius 1 is 1.47 bits per heavy atom. The van der Waals surface area contributed by atoms with Crippen LogP contribution in [0.2, 0.25) is 0 Å². The van der Waals surface area contributed by atoms with E-state index in [4.69, 9.17) is 10.5 Å². The van der Waals surface area contributed by atoms with E-state index in [9.17, 15) is 8.42 Å². The first-order chi connectivity index (χ1) is 8.89. The van der Waals surface area contributed by atoms with Crippen LogP contribution in [-0.2, 0) is 10.0 Å². The summed E-state index contributed by atoms with van der Waals surface area (Å²) < 4.78 is 26.1. The van der Waals surface area contributed by atoms with E-state index in [1.165, 1.54) is 0 Å². The maximum atomic E-state index is 12.4. The molecule has 0 fully saturated rings. The normalized spacial score (nSPS) is 26.3. The zero-order chi connectivity index (χ0) is 14.5. The van der Waals surface area contributed by atoms with Crippen molar-refractivity contribution in [1.29, 1.82) is 10.5 Å². The maximum Gasteiger partial charge on any atom is 0.221 e. The summed E-state index contributed by atoms with van der Waals surface area (Å²) in [6.45, 7) is 3.57. The molecular weight excluding hydrogens is 262 g/mol. The van der Waals surface area contributed by atoms with Gasteiger partial charge in [0.15, 0.2) is 0 Å². The average Bonchev–Trinajstić information content (AvgIpc) is 2.38. The molecule has 0 bridgehead atoms. The fourth-order valence-corrected chi connectivity index (χ4v) is 3.50. The van der Waals surface area contributed by atoms with Gasteiger partial charge in [-0.3, -0.25) is 0 Å². The third-order valence-corrected chi connectivity index (χ3v) is 5.73. The molecule has 1 rings (SSSR count). The van der Waals surface area contributed by atoms with Crippen LogP contribution < -0.4 is 4.72 Å². The fourth-order valence-electron chi connectivity index (χ4n) is 1.93. The van der Waals surface area contributed by atoms with E-state index in [2.05, 4.69) is 4.72 Å². The van der Waals surface area contributed by atoms with Crippen LogP contribution in [0.1, 0.15) is 26.7 Å². The molecular formula is C13H17N3O2S. The lowest BCUT2D eigenvalue weighted by molar-refractivity contribution is 0.493. The molecule has 2 unspecified atom stereocenters. The molecule has 1 N–H and O–H groups in total. The highest BCUT2D eigenvalue weighted by molar-refractivity contribution is 7.91. The van der Waals surface area contributed by atoms with Gasteiger partial charge in [-0.15, -0.1) is 0 Å². The monoisotopic (exact) mass is 279 g/mol. The Hall–Kier alpha value is -1.63. The second kappa shape index (κ2) is 6.01. The smallest absolute Gasteiger partial charge is 0.214 e. The lowest BCUT2D eigenvalue weighted by atomic mass is 9.84. The van der Waals surface area contributed by atoms with Gasteiger partial charge in [0.2, 0.25) is 10.0 Å². The highest BCUT2D eigenvalue weighted by Gasteiger charge is 2.44. The van der Waals surface area contributed by atoms with Crippen LogP contribution >= 0.6 is 0 Å². The second-order valence-electron chi connectivity index (χ2n) is 4.66. The summed E-state index contributed by atoms with van der Waals surface area (Å²) in [5, 5.41) is 17.4. The Balaban J connectivity index is 2.89. The van der Waals surface area contributed by atoms with Gasteiger partial charge in [-0.1, -0.05) is 19.1 Å². The summed E-state index contributed by atoms with van der Waals surface area (Å²) in [5.74, 6) is -0.407. The molecule has 0 aromatic carbocycles. The van der Waals surface area contributed by atoms with Gasteiger partial charge in [-0.2, -0.15) is 10.5 Å². The van der Waals surface area contributed by atoms with Crippen molar-refractivity contribution in [2.24, 2.45) is 5.92 Å². The van der Waals surface area contributed by atoms with Gasteiger partial charge in [0.1, 0.15) is 4.75 Å². The van der Waals surface area contributed by atoms with Crippen LogP contribution in [0.4, 0.5) is 0 Å². The minimum Gasteiger partial charge on any atom is -0.214 e. The number of unbranched alkanes of at least 4 members (excludes halogenated alkanes) is 1. The number of sulfonamides is 1. The SMILES string of the molecule is CC1C(C#N)=CC=CC1(C)S(=O)(=O)NCCCC#N. The third-order valence-electron chi connectivity index (χ3n) is 3.49. The molecule has 6 heteroatoms. The molecule has 0 aromatic rings. The van der Waals surface area contributed by atoms with Crippen molar-refractivity contribution >= 4 is 10.0 Å². The number of hydrogen-bond donors (Lipinski definition) is 1. The van der Waals surface area contributed by atoms with Gasteiger partial charge in [0.25, 0.3) is 0 Å². The van der Waals surface area contributed by atoms with E-state index in [-0.39, 0.29) is 6.54 Å². The van der Waals surface area contributed by atoms with Crippen LogP contribution in [0.25, 0.3) is 0 Å². The molecule has 0 saturated carbocycles. The highest BCUT2D eigenvalue weighted by atomic mass is 32.2. The predicted octanol–water partition coefficient (Wildman–Crippen LogP) is 1.62. The van der Waals surface area contributed by atoms with Crippen molar-refractivity contribution in [2.45, 2.75) is 31.4 Å². The van der Waals surface area contributed by atoms with Crippen molar-refractivity contribution in [3.63, 3.8) is 0 Å². The largest absolute Gasteiger partial charge is 0.221 e. The number of hydrogen-bond acceptors (Lipinski definition) is 4. The molecule has 0 heterocycles. The Labute approximate surface area is 114 Å². The summed E-state index contributed by atoms with van der Waals surface area (Å²) in [6, 6.07) is 4.00. The predicted molar refractivity (Wildman–Crippen MR) is 72.2 cm³/mol. The molecule has 1 aliphatic carbocycles. The number of allylic oxidation sites excluding steroid dienone is 3. The minimum absolute atomic E-state index is 0.234. The van der Waals surface area contributed by atoms with Crippen LogP contribution in [0, 0.1) is 28.6 Å². The molecule has 0 saturated heterocycles. The van der Waals surface area contributed by atoms with Gasteiger partial charge in [-0.25, -0.2) is 13.1 Å². The van der Waals surface area contributed by atoms with E-state index in [0.29, 0.717) is 18.4 Å². The molecule has 0 spiro atoms. The first-order valence-electron chi connectivity index (χ1n) is 6.04. The Bertz CT molecular complexity index is 578. The molecule has 5 nitrogen and oxygen atoms in total. The quantitative estimate of drug-likeness (QED) is 0.774. The number of nitrogens with zero attached hydrogens (tertiary/aromatic N) is 2. The molecule has 0 aliphatic heterocycles. The first-order valence-corrected chi connectivity index (χ1v) is 7.53. The number of rotatable bonds is 5. The maximum absolute atomic E-state index is 12.4. The number of nitriles is 2. The van der Waals surface area contributed by atoms with E-state index in [0.717, 1.165) is 0 Å². The highest BCUT2D eigenvalue weighted by Crippen LogP contribution is 2.35. The summed E-state index contributed by atoms with van der Waals surface area (Å²) in [4.78, 5) is 0. The molecule has 1 aliphatic rings. The number of nitrogens with one attached hydrogen (secondary N) is 1. The first kappa shape index (κ1) is 15.4. The Kier molecular flexibility index (Phi) is 4.88. The van der Waals surface area contributed by atoms with Crippen molar-refractivity contribution in [2.75, 3.05) is 6.54 Å². The van der Waals surface area contributed by atoms with E-state index < -0.39 is 20.7 Å². The lowest BCUT2D eigenvalue weighted by Crippen LogP contribution is -2.48. The molecule has 19 heavy (non-hydrogen) atoms. The fraction of sp³-hybridized carbons (Fsp3) is 0.538. The van der Waals surface area contributed by atoms with Crippen molar-refractivity contribution in [3.05, 3.63) is 23.8 Å². The molecule has 0 radical (unpaired) electrons. The van der Waals surface area contributed by atoms with Gasteiger partial charge in [-0.05, 0) is 19.4 Å². The standard InChI is InChI=1S/C13H17N3O2S/c1-11-12(10-15)6-5-7-13(11,2)19(17,18)16-9-4-3-8-14/h5-7,11,16H,3-4,9H2,1-2H3. The summed E-state index contributed by atoms with van der Waals surface area (Å²) in [6.07, 6.45) is 5.63. The topological polar surface area (TPSA) is 93.8 Å². The minimum atomic E-state index is -3.59. The zero-order valence-corrected chi connectivity index (χ0v) is 11.9. The molecule has 0 amide bonds. The van der Waals surface area contributed by atoms with Gasteiger partial charge in [0, 0.05) is 24.5 Å². The van der Waals surface area contributed by atoms with Gasteiger partial charge in [0.05, 0.1) is 12.1 Å². The van der Waals surface area contributed by atoms with Crippen LogP contribution in [0.15, 0.2) is 23.8 Å². The average molecular weight is 279 g/mol. The van der Waals surface area contributed by atoms with Gasteiger partial charge >= 0.3 is 0 Å². The van der Waals surface area contributed by atoms with Crippen LogP contribution in [0.3, 0.4) is 0 Å². The van der Waals surface area contributed by atoms with Crippen molar-refractivity contribution < 1.29 is 8.42 Å². The van der Waals surface area contributed by atoms with Crippen LogP contribution in [-0.4, -0.2) is 19.7 Å². The molecule has 102 valence electrons. The van der Waals surface area contributed by atoms with E-state index >= 15 is 0 Å². The van der Waals surface area contributed by atoms with Crippen molar-refractivity contribution in [1.82, 2.24) is 4.72 Å². The lowest BCUT2D eigenvalue weighted by Gasteiger charge is -2.34.